The molecule has 166 valence electrons. The molecule has 1 N–H and O–H groups in total. The van der Waals surface area contributed by atoms with Gasteiger partial charge in [0.25, 0.3) is 10.1 Å². The summed E-state index contributed by atoms with van der Waals surface area (Å²) < 4.78 is 38.5. The summed E-state index contributed by atoms with van der Waals surface area (Å²) in [6.07, 6.45) is 12.6. The van der Waals surface area contributed by atoms with Crippen LogP contribution in [0, 0.1) is 0 Å². The monoisotopic (exact) mass is 472 g/mol. The van der Waals surface area contributed by atoms with Gasteiger partial charge in [0.2, 0.25) is 0 Å². The van der Waals surface area contributed by atoms with E-state index in [1.807, 2.05) is 6.07 Å². The first-order valence-electron chi connectivity index (χ1n) is 11.0. The van der Waals surface area contributed by atoms with Gasteiger partial charge in [-0.25, -0.2) is 0 Å². The number of benzene rings is 2. The molecule has 2 rings (SSSR count). The average molecular weight is 473 g/mol. The molecule has 0 heterocycles. The maximum absolute atomic E-state index is 12.4. The Kier molecular flexibility index (Phi) is 14.2. The topological polar surface area (TPSA) is 86.7 Å². The average Bonchev–Trinajstić information content (AvgIpc) is 2.71. The van der Waals surface area contributed by atoms with Crippen molar-refractivity contribution in [2.45, 2.75) is 82.4 Å². The van der Waals surface area contributed by atoms with Gasteiger partial charge in [0.05, 0.1) is 0 Å². The number of unbranched alkanes of at least 4 members (excludes halogenated alkanes) is 9. The minimum atomic E-state index is -4.56. The fourth-order valence-corrected chi connectivity index (χ4v) is 4.09. The summed E-state index contributed by atoms with van der Waals surface area (Å²) in [7, 11) is -4.56. The van der Waals surface area contributed by atoms with Crippen molar-refractivity contribution in [3.05, 3.63) is 48.0 Å². The first-order valence-corrected chi connectivity index (χ1v) is 12.4. The molecular formula is C24H33KO5S. The van der Waals surface area contributed by atoms with E-state index in [1.165, 1.54) is 51.0 Å². The van der Waals surface area contributed by atoms with Gasteiger partial charge in [-0.2, -0.15) is 8.42 Å². The van der Waals surface area contributed by atoms with Crippen LogP contribution in [0.25, 0.3) is 0 Å². The Hall–Kier alpha value is -0.414. The second-order valence-electron chi connectivity index (χ2n) is 7.73. The van der Waals surface area contributed by atoms with E-state index in [0.29, 0.717) is 17.7 Å². The quantitative estimate of drug-likeness (QED) is 0.259. The van der Waals surface area contributed by atoms with Gasteiger partial charge in [0.15, 0.2) is 0 Å². The summed E-state index contributed by atoms with van der Waals surface area (Å²) in [5, 5.41) is 12.4. The van der Waals surface area contributed by atoms with Gasteiger partial charge in [-0.1, -0.05) is 88.5 Å². The van der Waals surface area contributed by atoms with Gasteiger partial charge >= 0.3 is 51.4 Å². The van der Waals surface area contributed by atoms with Crippen molar-refractivity contribution in [1.82, 2.24) is 0 Å². The van der Waals surface area contributed by atoms with Crippen LogP contribution >= 0.6 is 0 Å². The van der Waals surface area contributed by atoms with Crippen LogP contribution in [0.2, 0.25) is 0 Å². The van der Waals surface area contributed by atoms with Crippen LogP contribution in [-0.2, 0) is 16.5 Å². The van der Waals surface area contributed by atoms with Crippen molar-refractivity contribution in [1.29, 1.82) is 0 Å². The Morgan fingerprint density at radius 1 is 0.871 bits per heavy atom. The molecule has 0 aliphatic rings. The zero-order valence-corrected chi connectivity index (χ0v) is 22.7. The van der Waals surface area contributed by atoms with E-state index in [1.54, 1.807) is 24.3 Å². The van der Waals surface area contributed by atoms with Crippen molar-refractivity contribution in [3.63, 3.8) is 0 Å². The molecule has 0 aliphatic heterocycles. The van der Waals surface area contributed by atoms with Crippen LogP contribution in [-0.4, -0.2) is 13.0 Å². The number of rotatable bonds is 14. The fourth-order valence-electron chi connectivity index (χ4n) is 3.48. The molecule has 0 amide bonds. The second kappa shape index (κ2) is 15.4. The Morgan fingerprint density at radius 3 is 1.97 bits per heavy atom. The van der Waals surface area contributed by atoms with Crippen molar-refractivity contribution in [3.8, 4) is 17.2 Å². The molecule has 0 aliphatic carbocycles. The molecule has 0 radical (unpaired) electrons. The normalized spacial score (nSPS) is 11.2. The van der Waals surface area contributed by atoms with E-state index in [0.717, 1.165) is 25.3 Å². The third-order valence-corrected chi connectivity index (χ3v) is 6.05. The number of ether oxygens (including phenoxy) is 1. The van der Waals surface area contributed by atoms with E-state index in [2.05, 4.69) is 6.92 Å². The van der Waals surface area contributed by atoms with Crippen molar-refractivity contribution in [2.75, 3.05) is 0 Å². The molecular weight excluding hydrogens is 439 g/mol. The third kappa shape index (κ3) is 10.8. The smallest absolute Gasteiger partial charge is 0.872 e. The summed E-state index contributed by atoms with van der Waals surface area (Å²) in [4.78, 5) is -0.497. The number of para-hydroxylation sites is 1. The van der Waals surface area contributed by atoms with Crippen molar-refractivity contribution in [2.24, 2.45) is 0 Å². The van der Waals surface area contributed by atoms with Gasteiger partial charge in [0, 0.05) is 0 Å². The maximum atomic E-state index is 12.4. The van der Waals surface area contributed by atoms with Crippen LogP contribution in [0.5, 0.6) is 17.2 Å². The van der Waals surface area contributed by atoms with Crippen LogP contribution in [0.1, 0.15) is 76.7 Å². The molecule has 0 atom stereocenters. The summed E-state index contributed by atoms with van der Waals surface area (Å²) in [5.74, 6) is 0.0234. The van der Waals surface area contributed by atoms with E-state index in [9.17, 15) is 18.1 Å². The third-order valence-electron chi connectivity index (χ3n) is 5.18. The molecule has 5 nitrogen and oxygen atoms in total. The first kappa shape index (κ1) is 28.6. The van der Waals surface area contributed by atoms with Crippen molar-refractivity contribution < 1.29 is 74.2 Å². The fraction of sp³-hybridized carbons (Fsp3) is 0.500. The molecule has 2 aromatic carbocycles. The summed E-state index contributed by atoms with van der Waals surface area (Å²) in [6.45, 7) is 2.22. The van der Waals surface area contributed by atoms with E-state index >= 15 is 0 Å². The molecule has 0 spiro atoms. The van der Waals surface area contributed by atoms with E-state index in [-0.39, 0.29) is 62.9 Å². The molecule has 0 unspecified atom stereocenters. The largest absolute Gasteiger partial charge is 1.00 e. The van der Waals surface area contributed by atoms with Crippen molar-refractivity contribution >= 4 is 10.1 Å². The zero-order valence-electron chi connectivity index (χ0n) is 18.8. The minimum Gasteiger partial charge on any atom is -0.872 e. The molecule has 0 saturated heterocycles. The number of hydrogen-bond acceptors (Lipinski definition) is 4. The van der Waals surface area contributed by atoms with Gasteiger partial charge in [-0.05, 0) is 37.1 Å². The van der Waals surface area contributed by atoms with E-state index < -0.39 is 15.0 Å². The van der Waals surface area contributed by atoms with E-state index in [4.69, 9.17) is 4.74 Å². The number of aryl methyl sites for hydroxylation is 1. The molecule has 0 bridgehead atoms. The Labute approximate surface area is 229 Å². The Morgan fingerprint density at radius 2 is 1.42 bits per heavy atom. The Bertz CT molecular complexity index is 869. The summed E-state index contributed by atoms with van der Waals surface area (Å²) in [6, 6.07) is 11.1. The first-order chi connectivity index (χ1) is 14.4. The Balaban J connectivity index is 0.00000480. The van der Waals surface area contributed by atoms with Gasteiger partial charge in [-0.3, -0.25) is 4.55 Å². The summed E-state index contributed by atoms with van der Waals surface area (Å²) >= 11 is 0. The molecule has 0 fully saturated rings. The molecule has 2 aromatic rings. The van der Waals surface area contributed by atoms with Gasteiger partial charge < -0.3 is 9.84 Å². The minimum absolute atomic E-state index is 0. The van der Waals surface area contributed by atoms with Gasteiger partial charge in [-0.15, -0.1) is 5.75 Å². The van der Waals surface area contributed by atoms with Crippen LogP contribution in [0.4, 0.5) is 0 Å². The van der Waals surface area contributed by atoms with Crippen LogP contribution in [0.15, 0.2) is 47.4 Å². The molecule has 0 aromatic heterocycles. The molecule has 0 saturated carbocycles. The van der Waals surface area contributed by atoms with Crippen LogP contribution < -0.4 is 61.2 Å². The SMILES string of the molecule is CCCCCCCCCCCCc1cc(Oc2ccccc2)c(S(=O)(=O)O)cc1[O-].[K+]. The van der Waals surface area contributed by atoms with Crippen LogP contribution in [0.3, 0.4) is 0 Å². The second-order valence-corrected chi connectivity index (χ2v) is 9.12. The van der Waals surface area contributed by atoms with Gasteiger partial charge in [0.1, 0.15) is 16.4 Å². The predicted octanol–water partition coefficient (Wildman–Crippen LogP) is 3.27. The number of hydrogen-bond donors (Lipinski definition) is 1. The summed E-state index contributed by atoms with van der Waals surface area (Å²) in [5.41, 5.74) is 0.507. The molecule has 7 heteroatoms. The maximum Gasteiger partial charge on any atom is 1.00 e. The standard InChI is InChI=1S/C24H34O5S.K/c1-2-3-4-5-6-7-8-9-10-12-15-20-18-23(29-21-16-13-11-14-17-21)24(19-22(20)25)30(26,27)28;/h11,13-14,16-19,25H,2-10,12,15H2,1H3,(H,26,27,28);/q;+1/p-1. The molecule has 31 heavy (non-hydrogen) atoms. The predicted molar refractivity (Wildman–Crippen MR) is 118 cm³/mol. The zero-order chi connectivity index (χ0) is 21.8.